The Labute approximate surface area is 3400 Å². The topological polar surface area (TPSA) is 65.3 Å². The van der Waals surface area contributed by atoms with Gasteiger partial charge in [0.1, 0.15) is 29.2 Å². The van der Waals surface area contributed by atoms with E-state index in [-0.39, 0.29) is 3240 Å². The zero-order valence-corrected chi connectivity index (χ0v) is 368. The third-order valence-corrected chi connectivity index (χ3v) is 9.10. The molecule has 99 radical (unpaired) electrons. The summed E-state index contributed by atoms with van der Waals surface area (Å²) in [6.45, 7) is 18.1. The number of benzene rings is 4. The van der Waals surface area contributed by atoms with Crippen LogP contribution in [0.15, 0.2) is 68.5 Å². The molecule has 6 aliphatic heterocycles. The summed E-state index contributed by atoms with van der Waals surface area (Å²) >= 11 is 0. The van der Waals surface area contributed by atoms with E-state index in [2.05, 4.69) is 73.7 Å². The Balaban J connectivity index is -0.00000000331. The van der Waals surface area contributed by atoms with Gasteiger partial charge in [0.15, 0.2) is 0 Å². The number of fused-ring (bicyclic) bond motifs is 12. The molecule has 107 heteroatoms. The Morgan fingerprint density at radius 1 is 0.174 bits per heavy atom. The number of aromatic nitrogens is 2. The Morgan fingerprint density at radius 2 is 0.336 bits per heavy atom. The van der Waals surface area contributed by atoms with Crippen molar-refractivity contribution < 1.29 is 3250 Å². The van der Waals surface area contributed by atoms with Gasteiger partial charge in [-0.15, -0.1) is 23.8 Å². The third kappa shape index (κ3) is 242. The summed E-state index contributed by atoms with van der Waals surface area (Å²) in [5, 5.41) is 3.65. The van der Waals surface area contributed by atoms with Crippen molar-refractivity contribution in [2.45, 2.75) is 68.2 Å². The van der Waals surface area contributed by atoms with E-state index in [1.54, 1.807) is 0 Å². The second-order valence-corrected chi connectivity index (χ2v) is 11.0. The zero-order valence-electron chi connectivity index (χ0n) is 86.9. The van der Waals surface area contributed by atoms with Gasteiger partial charge < -0.3 is 4.57 Å². The number of nitrogens with zero attached hydrogens (tertiary/aromatic N) is 8. The minimum atomic E-state index is -1.07. The quantitative estimate of drug-likeness (QED) is 0.124. The van der Waals surface area contributed by atoms with Crippen LogP contribution in [0.5, 0.6) is 0 Å². The van der Waals surface area contributed by atoms with Crippen LogP contribution in [0.25, 0.3) is 21.5 Å². The summed E-state index contributed by atoms with van der Waals surface area (Å²) < 4.78 is 8.86. The fourth-order valence-corrected chi connectivity index (χ4v) is 7.59. The Hall–Kier alpha value is 104. The molecule has 0 fully saturated rings. The molecule has 0 saturated heterocycles. The van der Waals surface area contributed by atoms with Crippen LogP contribution in [0.4, 0.5) is 11.6 Å². The van der Waals surface area contributed by atoms with Crippen LogP contribution in [0.3, 0.4) is 0 Å². The molecule has 6 aliphatic rings. The van der Waals surface area contributed by atoms with Crippen molar-refractivity contribution in [3.63, 3.8) is 0 Å². The van der Waals surface area contributed by atoms with Gasteiger partial charge in [-0.3, -0.25) is 18.7 Å². The number of rotatable bonds is 0. The molecule has 8 nitrogen and oxygen atoms in total. The smallest absolute Gasteiger partial charge is 0.311 e. The normalized spacial score (nSPS) is 5.97. The van der Waals surface area contributed by atoms with Gasteiger partial charge in [0.25, 0.3) is 0 Å². The Kier molecular flexibility index (Phi) is 1790. The van der Waals surface area contributed by atoms with Gasteiger partial charge in [0.05, 0.1) is 11.3 Å². The Bertz CT molecular complexity index is 2830. The van der Waals surface area contributed by atoms with Crippen molar-refractivity contribution in [3.05, 3.63) is 130 Å². The Morgan fingerprint density at radius 3 is 0.537 bits per heavy atom. The van der Waals surface area contributed by atoms with Gasteiger partial charge in [0, 0.05) is 3240 Å². The molecule has 12 rings (SSSR count). The molecular weight excluding hydrogens is 9420 g/mol. The maximum atomic E-state index is 5.38. The first-order valence-corrected chi connectivity index (χ1v) is 17.6. The van der Waals surface area contributed by atoms with E-state index < -0.39 is 5.91 Å². The SMILES string of the molecule is CC.CC.CC.CC.Cc1cc[c-]c2c3n4c(c12)N=c1c2[c-]cc[c-]c2c2n1[C@]41[N+]4=C(N=C5c6[c-]cc[c-]c6C(=[N+]51)N=2)c1[c-]cc[c-]c1C4=N3.[Y].[Y].[Y].[Y].[Y].[Y].[Y].[Y].[Y].[Y].[Y].[Y].[Y].[Y].[Y].[Y].[Y].[Y].[Y].[Y].[Y].[Y].[Y].[Y].[Y].[Y].[Y].[Y].[Y].[Y].[Y].[Y].[Y].[Y].[Y].[Y].[Y].[Y].[Y].[Y].[Y].[Y].[Y].[Y].[Y].[Y].[Y].[Y].[Y].[Y].[Y].[Y].[Y].[Y].[Y].[Y].[Y].[Y].[Y].[Y].[Y].[Y].[Y].[Y].[Y].[Y].[Y].[Y].[Y].[Y].[Y].[Y].[Y].[Y].[Y].[Y].[Y].[Y].[Y].[Y].[Y].[Y].[Y].[Y].[Y].[Y].[Y].[Y].[Y].[Y].[Y].[Y].[Y].[Y].[Y].[Y].[Y].[Y].[Y]. The first-order chi connectivity index (χ1) is 24.8. The fourth-order valence-electron chi connectivity index (χ4n) is 7.59. The molecule has 4 aromatic carbocycles. The van der Waals surface area contributed by atoms with Gasteiger partial charge in [-0.2, -0.15) is 43.0 Å². The third-order valence-electron chi connectivity index (χ3n) is 9.10. The average molecular weight is 9450 g/mol. The van der Waals surface area contributed by atoms with E-state index in [1.807, 2.05) is 97.9 Å². The summed E-state index contributed by atoms with van der Waals surface area (Å²) in [7, 11) is 0. The molecule has 545 valence electrons. The average Bonchev–Trinajstić information content (AvgIpc) is 3.91. The predicted molar refractivity (Wildman–Crippen MR) is 196 cm³/mol. The maximum Gasteiger partial charge on any atom is 0.341 e. The summed E-state index contributed by atoms with van der Waals surface area (Å²) in [5.41, 5.74) is 6.03. The van der Waals surface area contributed by atoms with Crippen LogP contribution < -0.4 is 11.0 Å². The van der Waals surface area contributed by atoms with Gasteiger partial charge >= 0.3 is 5.91 Å². The first kappa shape index (κ1) is 620. The number of amidine groups is 4. The van der Waals surface area contributed by atoms with Crippen LogP contribution in [0, 0.1) is 49.4 Å². The van der Waals surface area contributed by atoms with E-state index >= 15 is 0 Å². The van der Waals surface area contributed by atoms with Gasteiger partial charge in [-0.1, -0.05) is 73.1 Å². The van der Waals surface area contributed by atoms with E-state index in [0.29, 0.717) is 0 Å². The van der Waals surface area contributed by atoms with Crippen LogP contribution in [0.1, 0.15) is 83.2 Å². The van der Waals surface area contributed by atoms with Crippen molar-refractivity contribution in [2.24, 2.45) is 20.0 Å². The van der Waals surface area contributed by atoms with Crippen molar-refractivity contribution in [3.8, 4) is 0 Å². The van der Waals surface area contributed by atoms with Crippen molar-refractivity contribution in [1.82, 2.24) is 9.13 Å². The second-order valence-electron chi connectivity index (χ2n) is 11.0. The fraction of sp³-hybridized carbons (Fsp3) is 0.238. The largest absolute Gasteiger partial charge is 0.341 e. The summed E-state index contributed by atoms with van der Waals surface area (Å²) in [5.74, 6) is 3.51. The summed E-state index contributed by atoms with van der Waals surface area (Å²) in [4.78, 5) is 21.3. The van der Waals surface area contributed by atoms with E-state index in [4.69, 9.17) is 20.0 Å². The van der Waals surface area contributed by atoms with Crippen LogP contribution in [-0.4, -0.2) is 41.6 Å². The summed E-state index contributed by atoms with van der Waals surface area (Å²) in [6, 6.07) is 39.6. The first-order valence-electron chi connectivity index (χ1n) is 17.6. The van der Waals surface area contributed by atoms with Gasteiger partial charge in [-0.05, 0) is 0 Å². The standard InChI is InChI=1S/C34H11N8.4C2H6.99Y/c1-17-9-8-16-24-25(17)33-38-31-23-15-7-6-14-22(23)29-36-27-19-11-3-2-10-18(19)26-35-28-20-12-4-5-13-21(20)30-37-32(24)42(33)34(39(26)27,40(28)30)41(29)31;4*1-2;;;;;;;;;;;;;;;;;;;;;;;;;;;;;;;;;;;;;;;;;;;;;;;;;;;;;;;;;;;;;;;;;;;;;;;;;;;;;;;;;;;;;;;;;;;;;;;;;;;/h2-9H,1H3;4*1-2H3;;;;;;;;;;;;;;;;;;;;;;;;;;;;;;;;;;;;;;;;;;;;;;;;;;;;;;;;;;;;;;;;;;;;;;;;;;;;;;;;;;;;;;;;;;;;;;;;;;;/q-5;;;;;;;;;;;;;;;;;;;;;;;;;;;;;;;;;;;;;;;;;;;;;;;;;;;;;;;;;;;;;;;;;;;;;;;;;;;;;;;;;;;;;;;;;;;;;;;;;;;;;;;/t34-;;;;;;;;;;;;;;;;;;;;;;;;;;;;;;;;;;;;;;;;;;;;;;;;;;;;;;;;;;;;;;;;;;;;;;;;;;;;;;;;;;;;;;;;;;;;;;;;;;;;;;;/m0......................................................................................................./s1. The molecule has 1 atom stereocenters. The molecule has 0 aliphatic carbocycles. The number of hydrogen-bond acceptors (Lipinski definition) is 4. The van der Waals surface area contributed by atoms with Crippen LogP contribution in [-0.2, 0) is 3240 Å². The molecule has 0 amide bonds. The molecule has 8 heterocycles. The molecule has 0 N–H and O–H groups in total. The van der Waals surface area contributed by atoms with Crippen molar-refractivity contribution >= 4 is 56.5 Å². The second kappa shape index (κ2) is 430. The summed E-state index contributed by atoms with van der Waals surface area (Å²) in [6.07, 6.45) is 0. The molecule has 0 unspecified atom stereocenters. The van der Waals surface area contributed by atoms with E-state index in [9.17, 15) is 0 Å². The molecule has 6 aromatic rings. The maximum absolute atomic E-state index is 5.38. The molecule has 0 bridgehead atoms. The van der Waals surface area contributed by atoms with Crippen LogP contribution in [0.2, 0.25) is 0 Å². The molecular formula is C42H35N8Y99-5. The van der Waals surface area contributed by atoms with Crippen LogP contribution >= 0.6 is 0 Å². The predicted octanol–water partition coefficient (Wildman–Crippen LogP) is 6.47. The molecule has 1 spiro atoms. The zero-order chi connectivity index (χ0) is 35.1. The van der Waals surface area contributed by atoms with Gasteiger partial charge in [0.2, 0.25) is 0 Å². The number of aryl methyl sites for hydroxylation is 1. The molecule has 0 saturated carbocycles. The van der Waals surface area contributed by atoms with Crippen molar-refractivity contribution in [1.29, 1.82) is 0 Å². The number of aliphatic imine (C=N–C) groups is 2. The minimum Gasteiger partial charge on any atom is -0.311 e. The van der Waals surface area contributed by atoms with Crippen molar-refractivity contribution in [2.75, 3.05) is 0 Å². The molecule has 149 heavy (non-hydrogen) atoms. The monoisotopic (exact) mass is 9450 g/mol. The van der Waals surface area contributed by atoms with E-state index in [1.165, 1.54) is 0 Å². The van der Waals surface area contributed by atoms with Gasteiger partial charge in [-0.25, -0.2) is 77.8 Å². The minimum absolute atomic E-state index is 0. The number of hydrogen-bond donors (Lipinski definition) is 0. The molecule has 2 aromatic heterocycles. The van der Waals surface area contributed by atoms with E-state index in [0.717, 1.165) is 95.3 Å².